The van der Waals surface area contributed by atoms with Gasteiger partial charge < -0.3 is 10.1 Å². The van der Waals surface area contributed by atoms with Crippen LogP contribution in [0.3, 0.4) is 0 Å². The van der Waals surface area contributed by atoms with Crippen molar-refractivity contribution in [1.29, 1.82) is 0 Å². The summed E-state index contributed by atoms with van der Waals surface area (Å²) in [4.78, 5) is 45.7. The molecule has 8 nitrogen and oxygen atoms in total. The van der Waals surface area contributed by atoms with Crippen LogP contribution in [0.4, 0.5) is 4.79 Å². The number of hydrogen-bond donors (Lipinski definition) is 1. The van der Waals surface area contributed by atoms with Crippen LogP contribution < -0.4 is 5.32 Å². The number of thioether (sulfide) groups is 1. The average Bonchev–Trinajstić information content (AvgIpc) is 3.20. The van der Waals surface area contributed by atoms with E-state index in [1.165, 1.54) is 36.3 Å². The number of carbonyl (C=O) groups excluding carboxylic acids is 3. The lowest BCUT2D eigenvalue weighted by atomic mass is 10.3. The number of imide groups is 1. The summed E-state index contributed by atoms with van der Waals surface area (Å²) < 4.78 is 5.12. The summed E-state index contributed by atoms with van der Waals surface area (Å²) in [5.74, 6) is -1.04. The van der Waals surface area contributed by atoms with Crippen LogP contribution in [0.5, 0.6) is 0 Å². The van der Waals surface area contributed by atoms with Crippen LogP contribution in [-0.4, -0.2) is 57.7 Å². The highest BCUT2D eigenvalue weighted by Gasteiger charge is 2.31. The van der Waals surface area contributed by atoms with E-state index in [2.05, 4.69) is 15.3 Å². The Morgan fingerprint density at radius 1 is 1.50 bits per heavy atom. The smallest absolute Gasteiger partial charge is 0.324 e. The van der Waals surface area contributed by atoms with E-state index < -0.39 is 24.0 Å². The van der Waals surface area contributed by atoms with Gasteiger partial charge in [0.2, 0.25) is 0 Å². The largest absolute Gasteiger partial charge is 0.452 e. The fourth-order valence-electron chi connectivity index (χ4n) is 2.19. The molecule has 126 valence electrons. The molecule has 0 aromatic carbocycles. The van der Waals surface area contributed by atoms with Crippen molar-refractivity contribution in [1.82, 2.24) is 20.2 Å². The first-order valence-electron chi connectivity index (χ1n) is 7.16. The highest BCUT2D eigenvalue weighted by atomic mass is 32.2. The third-order valence-electron chi connectivity index (χ3n) is 3.33. The van der Waals surface area contributed by atoms with E-state index in [1.807, 2.05) is 11.4 Å². The first kappa shape index (κ1) is 16.7. The molecule has 0 spiro atoms. The number of nitrogens with one attached hydrogen (secondary N) is 1. The Labute approximate surface area is 145 Å². The zero-order valence-corrected chi connectivity index (χ0v) is 14.4. The molecule has 1 aliphatic heterocycles. The van der Waals surface area contributed by atoms with E-state index in [9.17, 15) is 14.4 Å². The molecule has 24 heavy (non-hydrogen) atoms. The predicted octanol–water partition coefficient (Wildman–Crippen LogP) is 1.27. The van der Waals surface area contributed by atoms with Crippen molar-refractivity contribution in [2.24, 2.45) is 0 Å². The number of urea groups is 1. The van der Waals surface area contributed by atoms with E-state index in [1.54, 1.807) is 0 Å². The number of ether oxygens (including phenoxy) is 1. The summed E-state index contributed by atoms with van der Waals surface area (Å²) >= 11 is 2.72. The summed E-state index contributed by atoms with van der Waals surface area (Å²) in [7, 11) is 0. The van der Waals surface area contributed by atoms with E-state index in [0.717, 1.165) is 15.1 Å². The second-order valence-corrected chi connectivity index (χ2v) is 6.82. The van der Waals surface area contributed by atoms with Gasteiger partial charge in [-0.05, 0) is 18.4 Å². The van der Waals surface area contributed by atoms with Crippen LogP contribution in [0.1, 0.15) is 6.92 Å². The minimum Gasteiger partial charge on any atom is -0.452 e. The van der Waals surface area contributed by atoms with Gasteiger partial charge in [-0.1, -0.05) is 11.8 Å². The number of carbonyl (C=O) groups is 3. The van der Waals surface area contributed by atoms with E-state index >= 15 is 0 Å². The van der Waals surface area contributed by atoms with Crippen molar-refractivity contribution in [3.63, 3.8) is 0 Å². The molecular weight excluding hydrogens is 352 g/mol. The van der Waals surface area contributed by atoms with Crippen LogP contribution in [0.25, 0.3) is 10.2 Å². The van der Waals surface area contributed by atoms with Crippen molar-refractivity contribution < 1.29 is 19.1 Å². The molecule has 10 heteroatoms. The molecule has 3 amide bonds. The van der Waals surface area contributed by atoms with Gasteiger partial charge in [-0.15, -0.1) is 11.3 Å². The Bertz CT molecular complexity index is 794. The summed E-state index contributed by atoms with van der Waals surface area (Å²) in [5.41, 5.74) is 0. The number of hydrogen-bond acceptors (Lipinski definition) is 8. The zero-order valence-electron chi connectivity index (χ0n) is 12.7. The fourth-order valence-corrected chi connectivity index (χ4v) is 3.75. The van der Waals surface area contributed by atoms with Crippen LogP contribution in [-0.2, 0) is 14.3 Å². The van der Waals surface area contributed by atoms with Crippen molar-refractivity contribution >= 4 is 51.2 Å². The monoisotopic (exact) mass is 366 g/mol. The molecule has 1 aliphatic rings. The Hall–Kier alpha value is -2.20. The fraction of sp³-hybridized carbons (Fsp3) is 0.357. The SMILES string of the molecule is C[C@@H](OC(=O)CSc1ncnc2sccc12)C(=O)N1CCNC1=O. The first-order valence-corrected chi connectivity index (χ1v) is 9.02. The minimum absolute atomic E-state index is 0.0196. The van der Waals surface area contributed by atoms with Crippen molar-refractivity contribution in [3.8, 4) is 0 Å². The maximum absolute atomic E-state index is 12.1. The number of thiophene rings is 1. The number of nitrogens with zero attached hydrogens (tertiary/aromatic N) is 3. The highest BCUT2D eigenvalue weighted by molar-refractivity contribution is 8.00. The van der Waals surface area contributed by atoms with Crippen LogP contribution in [0.15, 0.2) is 22.8 Å². The highest BCUT2D eigenvalue weighted by Crippen LogP contribution is 2.27. The molecule has 3 heterocycles. The standard InChI is InChI=1S/C14H14N4O4S2/c1-8(13(20)18-4-3-15-14(18)21)22-10(19)6-24-12-9-2-5-23-11(9)16-7-17-12/h2,5,7-8H,3-4,6H2,1H3,(H,15,21)/t8-/m1/s1. The first-order chi connectivity index (χ1) is 11.6. The second-order valence-electron chi connectivity index (χ2n) is 4.96. The summed E-state index contributed by atoms with van der Waals surface area (Å²) in [6.07, 6.45) is 0.443. The lowest BCUT2D eigenvalue weighted by Gasteiger charge is -2.18. The number of fused-ring (bicyclic) bond motifs is 1. The number of amides is 3. The predicted molar refractivity (Wildman–Crippen MR) is 88.8 cm³/mol. The van der Waals surface area contributed by atoms with E-state index in [0.29, 0.717) is 11.6 Å². The lowest BCUT2D eigenvalue weighted by molar-refractivity contribution is -0.155. The van der Waals surface area contributed by atoms with Gasteiger partial charge in [0.15, 0.2) is 6.10 Å². The molecule has 1 fully saturated rings. The molecule has 1 atom stereocenters. The molecule has 0 saturated carbocycles. The summed E-state index contributed by atoms with van der Waals surface area (Å²) in [6, 6.07) is 1.43. The quantitative estimate of drug-likeness (QED) is 0.483. The molecule has 3 rings (SSSR count). The Balaban J connectivity index is 1.54. The molecule has 2 aromatic heterocycles. The Kier molecular flexibility index (Phi) is 4.95. The van der Waals surface area contributed by atoms with Crippen LogP contribution in [0.2, 0.25) is 0 Å². The van der Waals surface area contributed by atoms with Crippen LogP contribution in [0, 0.1) is 0 Å². The van der Waals surface area contributed by atoms with Gasteiger partial charge in [-0.25, -0.2) is 14.8 Å². The van der Waals surface area contributed by atoms with Gasteiger partial charge in [0.05, 0.1) is 5.75 Å². The molecule has 0 aliphatic carbocycles. The maximum atomic E-state index is 12.1. The van der Waals surface area contributed by atoms with Gasteiger partial charge >= 0.3 is 12.0 Å². The number of esters is 1. The Morgan fingerprint density at radius 3 is 3.08 bits per heavy atom. The number of rotatable bonds is 5. The van der Waals surface area contributed by atoms with Crippen molar-refractivity contribution in [2.45, 2.75) is 18.1 Å². The summed E-state index contributed by atoms with van der Waals surface area (Å²) in [6.45, 7) is 2.15. The molecule has 0 bridgehead atoms. The van der Waals surface area contributed by atoms with Gasteiger partial charge in [-0.2, -0.15) is 0 Å². The lowest BCUT2D eigenvalue weighted by Crippen LogP contribution is -2.42. The minimum atomic E-state index is -1.01. The van der Waals surface area contributed by atoms with Gasteiger partial charge in [0, 0.05) is 18.5 Å². The van der Waals surface area contributed by atoms with E-state index in [-0.39, 0.29) is 12.3 Å². The third kappa shape index (κ3) is 3.49. The van der Waals surface area contributed by atoms with Gasteiger partial charge in [0.1, 0.15) is 16.2 Å². The molecule has 1 N–H and O–H groups in total. The van der Waals surface area contributed by atoms with Crippen LogP contribution >= 0.6 is 23.1 Å². The number of aromatic nitrogens is 2. The molecule has 0 radical (unpaired) electrons. The molecular formula is C14H14N4O4S2. The zero-order chi connectivity index (χ0) is 17.1. The normalized spacial score (nSPS) is 15.4. The maximum Gasteiger partial charge on any atom is 0.324 e. The third-order valence-corrected chi connectivity index (χ3v) is 5.13. The van der Waals surface area contributed by atoms with Crippen molar-refractivity contribution in [2.75, 3.05) is 18.8 Å². The summed E-state index contributed by atoms with van der Waals surface area (Å²) in [5, 5.41) is 6.01. The van der Waals surface area contributed by atoms with Crippen molar-refractivity contribution in [3.05, 3.63) is 17.8 Å². The van der Waals surface area contributed by atoms with Gasteiger partial charge in [-0.3, -0.25) is 14.5 Å². The Morgan fingerprint density at radius 2 is 2.33 bits per heavy atom. The van der Waals surface area contributed by atoms with E-state index in [4.69, 9.17) is 4.74 Å². The van der Waals surface area contributed by atoms with Gasteiger partial charge in [0.25, 0.3) is 5.91 Å². The molecule has 0 unspecified atom stereocenters. The topological polar surface area (TPSA) is 101 Å². The molecule has 2 aromatic rings. The average molecular weight is 366 g/mol. The molecule has 1 saturated heterocycles. The second kappa shape index (κ2) is 7.14.